The predicted molar refractivity (Wildman–Crippen MR) is 180 cm³/mol. The van der Waals surface area contributed by atoms with E-state index in [1.165, 1.54) is 81.4 Å². The number of halogens is 1. The number of para-hydroxylation sites is 2. The summed E-state index contributed by atoms with van der Waals surface area (Å²) in [6, 6.07) is 13.3. The van der Waals surface area contributed by atoms with E-state index in [-0.39, 0.29) is 17.3 Å². The maximum atomic E-state index is 13.6. The summed E-state index contributed by atoms with van der Waals surface area (Å²) in [7, 11) is -3.88. The number of unbranched alkanes of at least 4 members (excludes halogenated alkanes) is 15. The highest BCUT2D eigenvalue weighted by molar-refractivity contribution is 9.10. The number of sulfonamides is 1. The Morgan fingerprint density at radius 1 is 0.814 bits per heavy atom. The topological polar surface area (TPSA) is 95.9 Å². The molecule has 0 saturated carbocycles. The first-order valence-electron chi connectivity index (χ1n) is 16.1. The molecular formula is C34H48BrN3O4S. The fraction of sp³-hybridized carbons (Fsp3) is 0.559. The molecule has 1 unspecified atom stereocenters. The Kier molecular flexibility index (Phi) is 15.4. The quantitative estimate of drug-likeness (QED) is 0.0812. The second kappa shape index (κ2) is 19.0. The van der Waals surface area contributed by atoms with Gasteiger partial charge in [-0.3, -0.25) is 13.9 Å². The summed E-state index contributed by atoms with van der Waals surface area (Å²) in [5.41, 5.74) is 1.01. The van der Waals surface area contributed by atoms with E-state index in [1.807, 2.05) is 0 Å². The molecule has 1 aliphatic rings. The lowest BCUT2D eigenvalue weighted by Gasteiger charge is -2.31. The third-order valence-corrected chi connectivity index (χ3v) is 10.6. The van der Waals surface area contributed by atoms with Gasteiger partial charge >= 0.3 is 0 Å². The molecule has 1 atom stereocenters. The van der Waals surface area contributed by atoms with Crippen molar-refractivity contribution in [1.29, 1.82) is 0 Å². The van der Waals surface area contributed by atoms with Gasteiger partial charge in [0.25, 0.3) is 10.0 Å². The van der Waals surface area contributed by atoms with Gasteiger partial charge in [-0.25, -0.2) is 13.4 Å². The molecule has 0 saturated heterocycles. The lowest BCUT2D eigenvalue weighted by Crippen LogP contribution is -2.47. The van der Waals surface area contributed by atoms with Crippen LogP contribution in [0.5, 0.6) is 0 Å². The zero-order chi connectivity index (χ0) is 30.9. The van der Waals surface area contributed by atoms with E-state index in [0.29, 0.717) is 29.6 Å². The van der Waals surface area contributed by atoms with Crippen LogP contribution in [0.15, 0.2) is 58.4 Å². The largest absolute Gasteiger partial charge is 0.324 e. The van der Waals surface area contributed by atoms with Gasteiger partial charge in [0.1, 0.15) is 10.7 Å². The number of benzene rings is 2. The smallest absolute Gasteiger partial charge is 0.267 e. The number of aldehydes is 1. The fourth-order valence-electron chi connectivity index (χ4n) is 5.44. The van der Waals surface area contributed by atoms with Gasteiger partial charge in [0, 0.05) is 12.1 Å². The Morgan fingerprint density at radius 3 is 1.91 bits per heavy atom. The van der Waals surface area contributed by atoms with Gasteiger partial charge in [0.05, 0.1) is 11.4 Å². The summed E-state index contributed by atoms with van der Waals surface area (Å²) in [5, 5.41) is 2.73. The molecule has 0 aliphatic carbocycles. The molecule has 0 fully saturated rings. The number of nitrogens with one attached hydrogen (secondary N) is 1. The fourth-order valence-corrected chi connectivity index (χ4v) is 7.66. The molecule has 1 aliphatic heterocycles. The molecule has 1 amide bonds. The average molecular weight is 675 g/mol. The standard InChI is InChI=1S/C34H48BrN3O4S/c1-2-3-4-5-6-7-8-9-10-11-12-13-14-15-16-21-26-38-33(36-30-24-19-20-25-31(30)43(38,41)42)32(35)34(40)37-29-23-18-17-22-28(29)27-39/h17-20,22-25,27,32H,2-16,21,26H2,1H3,(H,37,40). The van der Waals surface area contributed by atoms with Crippen molar-refractivity contribution in [3.8, 4) is 0 Å². The van der Waals surface area contributed by atoms with Crippen molar-refractivity contribution < 1.29 is 18.0 Å². The van der Waals surface area contributed by atoms with Crippen LogP contribution in [0.1, 0.15) is 120 Å². The number of anilines is 1. The van der Waals surface area contributed by atoms with Gasteiger partial charge < -0.3 is 5.32 Å². The van der Waals surface area contributed by atoms with E-state index in [9.17, 15) is 18.0 Å². The summed E-state index contributed by atoms with van der Waals surface area (Å²) >= 11 is 3.41. The SMILES string of the molecule is CCCCCCCCCCCCCCCCCCN1C(C(Br)C(=O)Nc2ccccc2C=O)=Nc2ccccc2S1(=O)=O. The van der Waals surface area contributed by atoms with Crippen LogP contribution >= 0.6 is 15.9 Å². The van der Waals surface area contributed by atoms with Gasteiger partial charge in [-0.2, -0.15) is 0 Å². The number of aliphatic imine (C=N–C) groups is 1. The highest BCUT2D eigenvalue weighted by atomic mass is 79.9. The van der Waals surface area contributed by atoms with Gasteiger partial charge in [0.15, 0.2) is 11.1 Å². The van der Waals surface area contributed by atoms with Crippen molar-refractivity contribution >= 4 is 55.4 Å². The van der Waals surface area contributed by atoms with Crippen molar-refractivity contribution in [3.63, 3.8) is 0 Å². The number of fused-ring (bicyclic) bond motifs is 1. The minimum atomic E-state index is -3.88. The number of carbonyl (C=O) groups excluding carboxylic acids is 2. The number of carbonyl (C=O) groups is 2. The van der Waals surface area contributed by atoms with Gasteiger partial charge in [-0.1, -0.05) is 143 Å². The molecule has 236 valence electrons. The van der Waals surface area contributed by atoms with Crippen molar-refractivity contribution in [2.24, 2.45) is 4.99 Å². The zero-order valence-corrected chi connectivity index (χ0v) is 28.0. The Bertz CT molecular complexity index is 1300. The second-order valence-electron chi connectivity index (χ2n) is 11.4. The molecule has 9 heteroatoms. The number of rotatable bonds is 21. The number of hydrogen-bond acceptors (Lipinski definition) is 5. The molecule has 1 N–H and O–H groups in total. The summed E-state index contributed by atoms with van der Waals surface area (Å²) < 4.78 is 28.5. The van der Waals surface area contributed by atoms with E-state index >= 15 is 0 Å². The molecule has 2 aromatic rings. The van der Waals surface area contributed by atoms with E-state index < -0.39 is 20.8 Å². The Labute approximate surface area is 267 Å². The maximum absolute atomic E-state index is 13.6. The van der Waals surface area contributed by atoms with Gasteiger partial charge in [0.2, 0.25) is 5.91 Å². The molecule has 43 heavy (non-hydrogen) atoms. The van der Waals surface area contributed by atoms with E-state index in [2.05, 4.69) is 33.2 Å². The molecule has 0 spiro atoms. The minimum absolute atomic E-state index is 0.126. The first kappa shape index (κ1) is 35.0. The summed E-state index contributed by atoms with van der Waals surface area (Å²) in [4.78, 5) is 28.3. The first-order chi connectivity index (χ1) is 20.9. The average Bonchev–Trinajstić information content (AvgIpc) is 3.01. The van der Waals surface area contributed by atoms with Crippen molar-refractivity contribution in [3.05, 3.63) is 54.1 Å². The van der Waals surface area contributed by atoms with Crippen molar-refractivity contribution in [2.75, 3.05) is 11.9 Å². The summed E-state index contributed by atoms with van der Waals surface area (Å²) in [6.45, 7) is 2.50. The van der Waals surface area contributed by atoms with Crippen LogP contribution in [-0.4, -0.2) is 42.1 Å². The van der Waals surface area contributed by atoms with E-state index in [1.54, 1.807) is 48.5 Å². The Morgan fingerprint density at radius 2 is 1.33 bits per heavy atom. The lowest BCUT2D eigenvalue weighted by molar-refractivity contribution is -0.114. The third-order valence-electron chi connectivity index (χ3n) is 7.94. The maximum Gasteiger partial charge on any atom is 0.267 e. The number of hydrogen-bond donors (Lipinski definition) is 1. The molecule has 7 nitrogen and oxygen atoms in total. The zero-order valence-electron chi connectivity index (χ0n) is 25.6. The number of nitrogens with zero attached hydrogens (tertiary/aromatic N) is 2. The monoisotopic (exact) mass is 673 g/mol. The lowest BCUT2D eigenvalue weighted by atomic mass is 10.0. The van der Waals surface area contributed by atoms with Crippen LogP contribution in [0, 0.1) is 0 Å². The Balaban J connectivity index is 1.46. The van der Waals surface area contributed by atoms with Gasteiger partial charge in [-0.15, -0.1) is 0 Å². The molecule has 2 aromatic carbocycles. The summed E-state index contributed by atoms with van der Waals surface area (Å²) in [5.74, 6) is -0.375. The molecule has 0 radical (unpaired) electrons. The Hall–Kier alpha value is -2.52. The van der Waals surface area contributed by atoms with E-state index in [0.717, 1.165) is 19.3 Å². The van der Waals surface area contributed by atoms with Crippen LogP contribution in [0.25, 0.3) is 0 Å². The minimum Gasteiger partial charge on any atom is -0.324 e. The van der Waals surface area contributed by atoms with Crippen molar-refractivity contribution in [1.82, 2.24) is 4.31 Å². The number of amides is 1. The van der Waals surface area contributed by atoms with Crippen LogP contribution < -0.4 is 5.32 Å². The van der Waals surface area contributed by atoms with Crippen LogP contribution in [-0.2, 0) is 14.8 Å². The normalized spacial score (nSPS) is 14.6. The highest BCUT2D eigenvalue weighted by Gasteiger charge is 2.38. The summed E-state index contributed by atoms with van der Waals surface area (Å²) in [6.07, 6.45) is 20.5. The number of alkyl halides is 1. The molecule has 1 heterocycles. The van der Waals surface area contributed by atoms with Gasteiger partial charge in [-0.05, 0) is 30.7 Å². The molecule has 0 aromatic heterocycles. The first-order valence-corrected chi connectivity index (χ1v) is 18.4. The van der Waals surface area contributed by atoms with Crippen LogP contribution in [0.2, 0.25) is 0 Å². The predicted octanol–water partition coefficient (Wildman–Crippen LogP) is 9.20. The van der Waals surface area contributed by atoms with Crippen LogP contribution in [0.3, 0.4) is 0 Å². The molecule has 3 rings (SSSR count). The van der Waals surface area contributed by atoms with Crippen molar-refractivity contribution in [2.45, 2.75) is 119 Å². The molecular weight excluding hydrogens is 626 g/mol. The second-order valence-corrected chi connectivity index (χ2v) is 14.1. The van der Waals surface area contributed by atoms with E-state index in [4.69, 9.17) is 0 Å². The highest BCUT2D eigenvalue weighted by Crippen LogP contribution is 2.34. The molecule has 0 bridgehead atoms. The number of amidine groups is 1. The van der Waals surface area contributed by atoms with Crippen LogP contribution in [0.4, 0.5) is 11.4 Å². The third kappa shape index (κ3) is 10.9.